The first-order valence-corrected chi connectivity index (χ1v) is 6.41. The van der Waals surface area contributed by atoms with Crippen LogP contribution in [-0.2, 0) is 11.2 Å². The molecule has 0 saturated carbocycles. The topological polar surface area (TPSA) is 74.2 Å². The Hall–Kier alpha value is -0.940. The van der Waals surface area contributed by atoms with Gasteiger partial charge in [-0.1, -0.05) is 5.16 Å². The van der Waals surface area contributed by atoms with Crippen molar-refractivity contribution in [2.24, 2.45) is 5.73 Å². The van der Waals surface area contributed by atoms with E-state index >= 15 is 0 Å². The Morgan fingerprint density at radius 2 is 2.18 bits per heavy atom. The number of aryl methyl sites for hydroxylation is 1. The first-order valence-electron chi connectivity index (χ1n) is 6.41. The van der Waals surface area contributed by atoms with E-state index in [0.717, 1.165) is 57.0 Å². The maximum absolute atomic E-state index is 5.70. The summed E-state index contributed by atoms with van der Waals surface area (Å²) in [5.41, 5.74) is 5.70. The summed E-state index contributed by atoms with van der Waals surface area (Å²) < 4.78 is 10.6. The van der Waals surface area contributed by atoms with Crippen LogP contribution in [0, 0.1) is 0 Å². The minimum absolute atomic E-state index is 0.243. The number of hydrogen-bond acceptors (Lipinski definition) is 5. The van der Waals surface area contributed by atoms with Gasteiger partial charge < -0.3 is 15.0 Å². The van der Waals surface area contributed by atoms with Gasteiger partial charge in [-0.3, -0.25) is 0 Å². The second-order valence-corrected chi connectivity index (χ2v) is 4.80. The number of nitrogens with two attached hydrogens (primary N) is 1. The minimum Gasteiger partial charge on any atom is -0.381 e. The third kappa shape index (κ3) is 3.78. The summed E-state index contributed by atoms with van der Waals surface area (Å²) >= 11 is 0. The molecular weight excluding hydrogens is 218 g/mol. The van der Waals surface area contributed by atoms with Gasteiger partial charge in [0.25, 0.3) is 0 Å². The first-order chi connectivity index (χ1) is 8.25. The SMILES string of the molecule is CC(N)CCCc1nc(C2CCOCC2)no1. The lowest BCUT2D eigenvalue weighted by atomic mass is 10.00. The van der Waals surface area contributed by atoms with Crippen molar-refractivity contribution in [2.75, 3.05) is 13.2 Å². The highest BCUT2D eigenvalue weighted by Crippen LogP contribution is 2.24. The molecular formula is C12H21N3O2. The van der Waals surface area contributed by atoms with Gasteiger partial charge in [0, 0.05) is 31.6 Å². The van der Waals surface area contributed by atoms with Gasteiger partial charge in [0.15, 0.2) is 5.82 Å². The average molecular weight is 239 g/mol. The predicted molar refractivity (Wildman–Crippen MR) is 63.7 cm³/mol. The van der Waals surface area contributed by atoms with Crippen molar-refractivity contribution in [3.63, 3.8) is 0 Å². The Balaban J connectivity index is 1.82. The van der Waals surface area contributed by atoms with Crippen LogP contribution >= 0.6 is 0 Å². The second-order valence-electron chi connectivity index (χ2n) is 4.80. The van der Waals surface area contributed by atoms with E-state index in [0.29, 0.717) is 5.92 Å². The fourth-order valence-electron chi connectivity index (χ4n) is 2.07. The monoisotopic (exact) mass is 239 g/mol. The average Bonchev–Trinajstić information content (AvgIpc) is 2.78. The Morgan fingerprint density at radius 1 is 1.41 bits per heavy atom. The van der Waals surface area contributed by atoms with Crippen LogP contribution in [0.1, 0.15) is 50.2 Å². The zero-order valence-electron chi connectivity index (χ0n) is 10.4. The molecule has 0 aromatic carbocycles. The second kappa shape index (κ2) is 6.12. The normalized spacial score (nSPS) is 19.4. The standard InChI is InChI=1S/C12H21N3O2/c1-9(13)3-2-4-11-14-12(15-17-11)10-5-7-16-8-6-10/h9-10H,2-8,13H2,1H3. The molecule has 5 nitrogen and oxygen atoms in total. The van der Waals surface area contributed by atoms with Gasteiger partial charge in [-0.05, 0) is 32.6 Å². The zero-order valence-corrected chi connectivity index (χ0v) is 10.4. The quantitative estimate of drug-likeness (QED) is 0.845. The molecule has 1 aromatic heterocycles. The van der Waals surface area contributed by atoms with Gasteiger partial charge in [-0.2, -0.15) is 4.98 Å². The van der Waals surface area contributed by atoms with Crippen LogP contribution in [0.2, 0.25) is 0 Å². The van der Waals surface area contributed by atoms with E-state index < -0.39 is 0 Å². The van der Waals surface area contributed by atoms with Gasteiger partial charge in [-0.25, -0.2) is 0 Å². The molecule has 1 aliphatic heterocycles. The summed E-state index contributed by atoms with van der Waals surface area (Å²) in [6.07, 6.45) is 4.83. The van der Waals surface area contributed by atoms with Crippen molar-refractivity contribution >= 4 is 0 Å². The predicted octanol–water partition coefficient (Wildman–Crippen LogP) is 1.63. The van der Waals surface area contributed by atoms with Crippen molar-refractivity contribution < 1.29 is 9.26 Å². The highest BCUT2D eigenvalue weighted by Gasteiger charge is 2.21. The molecule has 0 spiro atoms. The fourth-order valence-corrected chi connectivity index (χ4v) is 2.07. The van der Waals surface area contributed by atoms with Crippen molar-refractivity contribution in [1.29, 1.82) is 0 Å². The Labute approximate surface area is 102 Å². The molecule has 5 heteroatoms. The van der Waals surface area contributed by atoms with Gasteiger partial charge in [0.1, 0.15) is 0 Å². The van der Waals surface area contributed by atoms with Crippen molar-refractivity contribution in [1.82, 2.24) is 10.1 Å². The maximum atomic E-state index is 5.70. The minimum atomic E-state index is 0.243. The van der Waals surface area contributed by atoms with Gasteiger partial charge in [0.2, 0.25) is 5.89 Å². The number of aromatic nitrogens is 2. The van der Waals surface area contributed by atoms with Crippen LogP contribution in [0.15, 0.2) is 4.52 Å². The van der Waals surface area contributed by atoms with E-state index in [1.807, 2.05) is 6.92 Å². The van der Waals surface area contributed by atoms with Gasteiger partial charge in [-0.15, -0.1) is 0 Å². The Bertz CT molecular complexity index is 332. The van der Waals surface area contributed by atoms with Crippen molar-refractivity contribution in [3.05, 3.63) is 11.7 Å². The van der Waals surface area contributed by atoms with E-state index in [1.54, 1.807) is 0 Å². The molecule has 1 aliphatic rings. The molecule has 1 atom stereocenters. The molecule has 1 saturated heterocycles. The Kier molecular flexibility index (Phi) is 4.50. The Morgan fingerprint density at radius 3 is 2.88 bits per heavy atom. The molecule has 2 rings (SSSR count). The lowest BCUT2D eigenvalue weighted by molar-refractivity contribution is 0.0830. The molecule has 0 radical (unpaired) electrons. The molecule has 0 amide bonds. The largest absolute Gasteiger partial charge is 0.381 e. The number of ether oxygens (including phenoxy) is 1. The number of rotatable bonds is 5. The van der Waals surface area contributed by atoms with Crippen molar-refractivity contribution in [2.45, 2.75) is 51.0 Å². The van der Waals surface area contributed by atoms with E-state index in [9.17, 15) is 0 Å². The van der Waals surface area contributed by atoms with Crippen LogP contribution in [0.25, 0.3) is 0 Å². The van der Waals surface area contributed by atoms with Crippen LogP contribution in [0.5, 0.6) is 0 Å². The highest BCUT2D eigenvalue weighted by atomic mass is 16.5. The summed E-state index contributed by atoms with van der Waals surface area (Å²) in [5, 5.41) is 4.06. The molecule has 1 unspecified atom stereocenters. The smallest absolute Gasteiger partial charge is 0.226 e. The maximum Gasteiger partial charge on any atom is 0.226 e. The lowest BCUT2D eigenvalue weighted by Gasteiger charge is -2.18. The van der Waals surface area contributed by atoms with Gasteiger partial charge in [0.05, 0.1) is 0 Å². The van der Waals surface area contributed by atoms with Crippen molar-refractivity contribution in [3.8, 4) is 0 Å². The first kappa shape index (κ1) is 12.5. The summed E-state index contributed by atoms with van der Waals surface area (Å²) in [4.78, 5) is 4.46. The lowest BCUT2D eigenvalue weighted by Crippen LogP contribution is -2.15. The van der Waals surface area contributed by atoms with Gasteiger partial charge >= 0.3 is 0 Å². The third-order valence-corrected chi connectivity index (χ3v) is 3.12. The molecule has 17 heavy (non-hydrogen) atoms. The molecule has 96 valence electrons. The molecule has 0 aliphatic carbocycles. The molecule has 1 fully saturated rings. The fraction of sp³-hybridized carbons (Fsp3) is 0.833. The van der Waals surface area contributed by atoms with E-state index in [4.69, 9.17) is 15.0 Å². The van der Waals surface area contributed by atoms with Crippen LogP contribution in [0.4, 0.5) is 0 Å². The molecule has 2 heterocycles. The molecule has 1 aromatic rings. The van der Waals surface area contributed by atoms with E-state index in [-0.39, 0.29) is 6.04 Å². The van der Waals surface area contributed by atoms with Crippen LogP contribution in [0.3, 0.4) is 0 Å². The molecule has 2 N–H and O–H groups in total. The molecule has 0 bridgehead atoms. The number of hydrogen-bond donors (Lipinski definition) is 1. The summed E-state index contributed by atoms with van der Waals surface area (Å²) in [6.45, 7) is 3.62. The summed E-state index contributed by atoms with van der Waals surface area (Å²) in [7, 11) is 0. The van der Waals surface area contributed by atoms with E-state index in [2.05, 4.69) is 10.1 Å². The van der Waals surface area contributed by atoms with Crippen LogP contribution < -0.4 is 5.73 Å². The van der Waals surface area contributed by atoms with Crippen LogP contribution in [-0.4, -0.2) is 29.4 Å². The number of nitrogens with zero attached hydrogens (tertiary/aromatic N) is 2. The third-order valence-electron chi connectivity index (χ3n) is 3.12. The van der Waals surface area contributed by atoms with E-state index in [1.165, 1.54) is 0 Å². The summed E-state index contributed by atoms with van der Waals surface area (Å²) in [5.74, 6) is 2.01. The zero-order chi connectivity index (χ0) is 12.1. The summed E-state index contributed by atoms with van der Waals surface area (Å²) in [6, 6.07) is 0.243. The highest BCUT2D eigenvalue weighted by molar-refractivity contribution is 4.96.